The van der Waals surface area contributed by atoms with Gasteiger partial charge in [0, 0.05) is 32.9 Å². The number of rotatable bonds is 1. The Labute approximate surface area is 157 Å². The van der Waals surface area contributed by atoms with Crippen molar-refractivity contribution >= 4 is 21.8 Å². The molecular weight excluding hydrogens is 330 g/mol. The van der Waals surface area contributed by atoms with E-state index in [2.05, 4.69) is 89.5 Å². The first-order chi connectivity index (χ1) is 13.4. The summed E-state index contributed by atoms with van der Waals surface area (Å²) in [4.78, 5) is 0. The Morgan fingerprint density at radius 1 is 0.519 bits per heavy atom. The van der Waals surface area contributed by atoms with Gasteiger partial charge >= 0.3 is 0 Å². The summed E-state index contributed by atoms with van der Waals surface area (Å²) in [6, 6.07) is 34.2. The maximum Gasteiger partial charge on any atom is 0.133 e. The molecule has 0 saturated heterocycles. The zero-order valence-electron chi connectivity index (χ0n) is 14.7. The van der Waals surface area contributed by atoms with E-state index in [1.54, 1.807) is 0 Å². The maximum absolute atomic E-state index is 6.22. The summed E-state index contributed by atoms with van der Waals surface area (Å²) < 4.78 is 8.68. The van der Waals surface area contributed by atoms with Crippen molar-refractivity contribution in [3.05, 3.63) is 108 Å². The van der Waals surface area contributed by atoms with E-state index < -0.39 is 0 Å². The van der Waals surface area contributed by atoms with E-state index in [-0.39, 0.29) is 6.04 Å². The highest BCUT2D eigenvalue weighted by atomic mass is 16.5. The molecule has 1 aliphatic heterocycles. The van der Waals surface area contributed by atoms with E-state index in [1.807, 2.05) is 12.1 Å². The summed E-state index contributed by atoms with van der Waals surface area (Å²) in [7, 11) is 0. The molecule has 1 aromatic heterocycles. The van der Waals surface area contributed by atoms with Crippen LogP contribution in [0.4, 0.5) is 0 Å². The van der Waals surface area contributed by atoms with Gasteiger partial charge in [-0.1, -0.05) is 72.8 Å². The number of fused-ring (bicyclic) bond motifs is 5. The third-order valence-electron chi connectivity index (χ3n) is 5.52. The quantitative estimate of drug-likeness (QED) is 0.329. The number of hydrogen-bond acceptors (Lipinski definition) is 1. The number of hydrogen-bond donors (Lipinski definition) is 0. The third kappa shape index (κ3) is 2.01. The van der Waals surface area contributed by atoms with E-state index in [1.165, 1.54) is 32.9 Å². The van der Waals surface area contributed by atoms with Crippen molar-refractivity contribution < 1.29 is 4.74 Å². The molecular formula is C25H17NO. The van der Waals surface area contributed by atoms with Gasteiger partial charge in [0.2, 0.25) is 0 Å². The summed E-state index contributed by atoms with van der Waals surface area (Å²) in [5.74, 6) is 1.87. The largest absolute Gasteiger partial charge is 0.457 e. The molecule has 0 saturated carbocycles. The molecule has 2 heteroatoms. The molecule has 6 rings (SSSR count). The van der Waals surface area contributed by atoms with Gasteiger partial charge in [0.05, 0.1) is 6.04 Å². The first kappa shape index (κ1) is 14.6. The molecule has 5 aromatic rings. The molecule has 0 bridgehead atoms. The zero-order chi connectivity index (χ0) is 17.8. The van der Waals surface area contributed by atoms with Crippen LogP contribution in [0, 0.1) is 0 Å². The summed E-state index contributed by atoms with van der Waals surface area (Å²) in [6.45, 7) is 0. The predicted octanol–water partition coefficient (Wildman–Crippen LogP) is 6.54. The molecule has 4 aromatic carbocycles. The number of nitrogens with zero attached hydrogens (tertiary/aromatic N) is 1. The maximum atomic E-state index is 6.22. The highest BCUT2D eigenvalue weighted by Crippen LogP contribution is 2.47. The Morgan fingerprint density at radius 2 is 0.963 bits per heavy atom. The van der Waals surface area contributed by atoms with Gasteiger partial charge in [-0.2, -0.15) is 0 Å². The van der Waals surface area contributed by atoms with Crippen molar-refractivity contribution in [2.45, 2.75) is 6.04 Å². The second-order valence-electron chi connectivity index (χ2n) is 6.98. The zero-order valence-corrected chi connectivity index (χ0v) is 14.7. The van der Waals surface area contributed by atoms with Gasteiger partial charge in [-0.15, -0.1) is 0 Å². The Balaban J connectivity index is 1.78. The Kier molecular flexibility index (Phi) is 2.97. The van der Waals surface area contributed by atoms with Crippen LogP contribution < -0.4 is 4.74 Å². The summed E-state index contributed by atoms with van der Waals surface area (Å²) in [5, 5.41) is 2.57. The van der Waals surface area contributed by atoms with Crippen molar-refractivity contribution in [1.29, 1.82) is 0 Å². The van der Waals surface area contributed by atoms with E-state index in [0.717, 1.165) is 11.5 Å². The van der Waals surface area contributed by atoms with Crippen molar-refractivity contribution in [3.8, 4) is 11.5 Å². The van der Waals surface area contributed by atoms with E-state index in [0.29, 0.717) is 0 Å². The molecule has 1 aliphatic rings. The highest BCUT2D eigenvalue weighted by Gasteiger charge is 2.30. The lowest BCUT2D eigenvalue weighted by molar-refractivity contribution is 0.438. The van der Waals surface area contributed by atoms with Crippen LogP contribution in [0.25, 0.3) is 21.8 Å². The first-order valence-corrected chi connectivity index (χ1v) is 9.25. The topological polar surface area (TPSA) is 14.2 Å². The molecule has 2 heterocycles. The van der Waals surface area contributed by atoms with Crippen molar-refractivity contribution in [2.24, 2.45) is 0 Å². The fourth-order valence-electron chi connectivity index (χ4n) is 4.39. The van der Waals surface area contributed by atoms with Gasteiger partial charge in [-0.25, -0.2) is 0 Å². The molecule has 0 N–H and O–H groups in total. The van der Waals surface area contributed by atoms with Gasteiger partial charge < -0.3 is 9.30 Å². The van der Waals surface area contributed by atoms with Crippen LogP contribution in [0.5, 0.6) is 11.5 Å². The van der Waals surface area contributed by atoms with Gasteiger partial charge in [0.15, 0.2) is 0 Å². The SMILES string of the molecule is c1ccc2c(c1)Oc1ccccc1C2n1c2ccccc2c2ccccc21. The van der Waals surface area contributed by atoms with E-state index in [9.17, 15) is 0 Å². The van der Waals surface area contributed by atoms with E-state index >= 15 is 0 Å². The second kappa shape index (κ2) is 5.49. The van der Waals surface area contributed by atoms with Gasteiger partial charge in [-0.05, 0) is 24.3 Å². The molecule has 0 fully saturated rings. The molecule has 0 amide bonds. The van der Waals surface area contributed by atoms with Crippen LogP contribution in [0.15, 0.2) is 97.1 Å². The van der Waals surface area contributed by atoms with Gasteiger partial charge in [0.25, 0.3) is 0 Å². The molecule has 0 spiro atoms. The first-order valence-electron chi connectivity index (χ1n) is 9.25. The van der Waals surface area contributed by atoms with Crippen molar-refractivity contribution in [2.75, 3.05) is 0 Å². The van der Waals surface area contributed by atoms with Crippen LogP contribution in [-0.2, 0) is 0 Å². The molecule has 0 unspecified atom stereocenters. The Bertz CT molecular complexity index is 1220. The molecule has 0 radical (unpaired) electrons. The van der Waals surface area contributed by atoms with Crippen molar-refractivity contribution in [1.82, 2.24) is 4.57 Å². The molecule has 0 aliphatic carbocycles. The number of ether oxygens (including phenoxy) is 1. The average molecular weight is 347 g/mol. The van der Waals surface area contributed by atoms with Crippen molar-refractivity contribution in [3.63, 3.8) is 0 Å². The molecule has 2 nitrogen and oxygen atoms in total. The minimum Gasteiger partial charge on any atom is -0.457 e. The van der Waals surface area contributed by atoms with Crippen LogP contribution in [0.2, 0.25) is 0 Å². The number of benzene rings is 4. The van der Waals surface area contributed by atoms with Crippen LogP contribution in [-0.4, -0.2) is 4.57 Å². The Hall–Kier alpha value is -3.52. The third-order valence-corrected chi connectivity index (χ3v) is 5.52. The predicted molar refractivity (Wildman–Crippen MR) is 110 cm³/mol. The van der Waals surface area contributed by atoms with Crippen LogP contribution in [0.1, 0.15) is 17.2 Å². The standard InChI is InChI=1S/C25H17NO/c1-5-13-21-17(9-1)18-10-2-6-14-22(18)26(21)25-19-11-3-7-15-23(19)27-24-16-8-4-12-20(24)25/h1-16,25H. The van der Waals surface area contributed by atoms with Gasteiger partial charge in [-0.3, -0.25) is 0 Å². The summed E-state index contributed by atoms with van der Waals surface area (Å²) in [6.07, 6.45) is 0. The fourth-order valence-corrected chi connectivity index (χ4v) is 4.39. The van der Waals surface area contributed by atoms with Crippen LogP contribution >= 0.6 is 0 Å². The fraction of sp³-hybridized carbons (Fsp3) is 0.0400. The minimum atomic E-state index is 0.0796. The Morgan fingerprint density at radius 3 is 1.52 bits per heavy atom. The molecule has 128 valence electrons. The highest BCUT2D eigenvalue weighted by molar-refractivity contribution is 6.08. The monoisotopic (exact) mass is 347 g/mol. The minimum absolute atomic E-state index is 0.0796. The number of para-hydroxylation sites is 4. The second-order valence-corrected chi connectivity index (χ2v) is 6.98. The molecule has 27 heavy (non-hydrogen) atoms. The van der Waals surface area contributed by atoms with Gasteiger partial charge in [0.1, 0.15) is 11.5 Å². The average Bonchev–Trinajstić information content (AvgIpc) is 3.06. The summed E-state index contributed by atoms with van der Waals surface area (Å²) >= 11 is 0. The lowest BCUT2D eigenvalue weighted by Gasteiger charge is -2.30. The number of aromatic nitrogens is 1. The molecule has 0 atom stereocenters. The lowest BCUT2D eigenvalue weighted by atomic mass is 9.94. The van der Waals surface area contributed by atoms with E-state index in [4.69, 9.17) is 4.74 Å². The lowest BCUT2D eigenvalue weighted by Crippen LogP contribution is -2.17. The van der Waals surface area contributed by atoms with Crippen LogP contribution in [0.3, 0.4) is 0 Å². The summed E-state index contributed by atoms with van der Waals surface area (Å²) in [5.41, 5.74) is 4.89. The normalized spacial score (nSPS) is 13.3. The smallest absolute Gasteiger partial charge is 0.133 e.